The molecule has 0 spiro atoms. The third-order valence-corrected chi connectivity index (χ3v) is 2.41. The van der Waals surface area contributed by atoms with E-state index in [-0.39, 0.29) is 6.10 Å². The highest BCUT2D eigenvalue weighted by Gasteiger charge is 2.05. The Bertz CT molecular complexity index is 288. The van der Waals surface area contributed by atoms with Gasteiger partial charge < -0.3 is 15.2 Å². The minimum Gasteiger partial charge on any atom is -0.492 e. The molecule has 0 heterocycles. The number of rotatable bonds is 8. The summed E-state index contributed by atoms with van der Waals surface area (Å²) in [7, 11) is 0. The summed E-state index contributed by atoms with van der Waals surface area (Å²) >= 11 is 0. The molecule has 0 saturated heterocycles. The van der Waals surface area contributed by atoms with E-state index < -0.39 is 0 Å². The van der Waals surface area contributed by atoms with Gasteiger partial charge in [0, 0.05) is 13.1 Å². The molecule has 0 aliphatic heterocycles. The van der Waals surface area contributed by atoms with Gasteiger partial charge in [-0.05, 0) is 24.5 Å². The molecule has 2 N–H and O–H groups in total. The summed E-state index contributed by atoms with van der Waals surface area (Å²) in [4.78, 5) is 0. The fraction of sp³-hybridized carbons (Fsp3) is 0.571. The van der Waals surface area contributed by atoms with Gasteiger partial charge in [-0.25, -0.2) is 0 Å². The minimum atomic E-state index is -0.258. The fourth-order valence-corrected chi connectivity index (χ4v) is 1.65. The van der Waals surface area contributed by atoms with Crippen LogP contribution in [0.25, 0.3) is 0 Å². The van der Waals surface area contributed by atoms with Crippen molar-refractivity contribution in [2.75, 3.05) is 19.7 Å². The second kappa shape index (κ2) is 8.09. The Morgan fingerprint density at radius 2 is 1.94 bits per heavy atom. The first-order valence-electron chi connectivity index (χ1n) is 6.25. The lowest BCUT2D eigenvalue weighted by Crippen LogP contribution is -2.30. The third kappa shape index (κ3) is 6.97. The fourth-order valence-electron chi connectivity index (χ4n) is 1.65. The molecule has 0 fully saturated rings. The monoisotopic (exact) mass is 237 g/mol. The van der Waals surface area contributed by atoms with Crippen molar-refractivity contribution in [1.29, 1.82) is 0 Å². The van der Waals surface area contributed by atoms with Gasteiger partial charge in [-0.1, -0.05) is 32.0 Å². The maximum Gasteiger partial charge on any atom is 0.119 e. The lowest BCUT2D eigenvalue weighted by molar-refractivity contribution is 0.144. The van der Waals surface area contributed by atoms with Crippen LogP contribution in [-0.4, -0.2) is 30.9 Å². The summed E-state index contributed by atoms with van der Waals surface area (Å²) in [6.45, 7) is 6.24. The van der Waals surface area contributed by atoms with Crippen molar-refractivity contribution >= 4 is 0 Å². The molecule has 0 amide bonds. The molecule has 1 aromatic carbocycles. The maximum atomic E-state index is 9.63. The van der Waals surface area contributed by atoms with Crippen molar-refractivity contribution < 1.29 is 9.84 Å². The van der Waals surface area contributed by atoms with E-state index >= 15 is 0 Å². The van der Waals surface area contributed by atoms with E-state index in [9.17, 15) is 5.11 Å². The number of aliphatic hydroxyl groups excluding tert-OH is 1. The highest BCUT2D eigenvalue weighted by Crippen LogP contribution is 2.07. The van der Waals surface area contributed by atoms with E-state index in [1.54, 1.807) is 0 Å². The topological polar surface area (TPSA) is 41.5 Å². The third-order valence-electron chi connectivity index (χ3n) is 2.41. The minimum absolute atomic E-state index is 0.258. The Hall–Kier alpha value is -1.06. The number of nitrogens with one attached hydrogen (secondary N) is 1. The normalized spacial score (nSPS) is 12.7. The van der Waals surface area contributed by atoms with Gasteiger partial charge in [0.05, 0.1) is 6.10 Å². The summed E-state index contributed by atoms with van der Waals surface area (Å²) in [5.74, 6) is 1.42. The van der Waals surface area contributed by atoms with Crippen LogP contribution in [0, 0.1) is 5.92 Å². The van der Waals surface area contributed by atoms with E-state index in [0.29, 0.717) is 19.1 Å². The van der Waals surface area contributed by atoms with Crippen molar-refractivity contribution in [3.63, 3.8) is 0 Å². The van der Waals surface area contributed by atoms with Crippen LogP contribution in [0.5, 0.6) is 5.75 Å². The van der Waals surface area contributed by atoms with Gasteiger partial charge in [-0.15, -0.1) is 0 Å². The standard InChI is InChI=1S/C14H23NO2/c1-12(2)10-13(16)11-15-8-9-17-14-6-4-3-5-7-14/h3-7,12-13,15-16H,8-11H2,1-2H3. The largest absolute Gasteiger partial charge is 0.492 e. The van der Waals surface area contributed by atoms with Gasteiger partial charge in [0.1, 0.15) is 12.4 Å². The smallest absolute Gasteiger partial charge is 0.119 e. The molecule has 17 heavy (non-hydrogen) atoms. The molecule has 0 aromatic heterocycles. The molecule has 1 rings (SSSR count). The molecule has 0 aliphatic carbocycles. The van der Waals surface area contributed by atoms with Gasteiger partial charge in [0.15, 0.2) is 0 Å². The van der Waals surface area contributed by atoms with Crippen LogP contribution in [0.3, 0.4) is 0 Å². The highest BCUT2D eigenvalue weighted by molar-refractivity contribution is 5.20. The van der Waals surface area contributed by atoms with E-state index in [1.807, 2.05) is 30.3 Å². The molecule has 0 aliphatic rings. The predicted octanol–water partition coefficient (Wildman–Crippen LogP) is 2.06. The number of para-hydroxylation sites is 1. The van der Waals surface area contributed by atoms with E-state index in [2.05, 4.69) is 19.2 Å². The first-order valence-corrected chi connectivity index (χ1v) is 6.25. The zero-order valence-electron chi connectivity index (χ0n) is 10.7. The highest BCUT2D eigenvalue weighted by atomic mass is 16.5. The quantitative estimate of drug-likeness (QED) is 0.680. The van der Waals surface area contributed by atoms with Gasteiger partial charge in [0.2, 0.25) is 0 Å². The van der Waals surface area contributed by atoms with Crippen LogP contribution < -0.4 is 10.1 Å². The van der Waals surface area contributed by atoms with E-state index in [4.69, 9.17) is 4.74 Å². The first-order chi connectivity index (χ1) is 8.18. The lowest BCUT2D eigenvalue weighted by atomic mass is 10.1. The number of ether oxygens (including phenoxy) is 1. The number of benzene rings is 1. The number of aliphatic hydroxyl groups is 1. The molecule has 96 valence electrons. The SMILES string of the molecule is CC(C)CC(O)CNCCOc1ccccc1. The summed E-state index contributed by atoms with van der Waals surface area (Å²) in [6.07, 6.45) is 0.582. The van der Waals surface area contributed by atoms with Gasteiger partial charge >= 0.3 is 0 Å². The Balaban J connectivity index is 2.01. The van der Waals surface area contributed by atoms with Crippen molar-refractivity contribution in [1.82, 2.24) is 5.32 Å². The van der Waals surface area contributed by atoms with E-state index in [1.165, 1.54) is 0 Å². The molecular formula is C14H23NO2. The molecular weight excluding hydrogens is 214 g/mol. The first kappa shape index (κ1) is 14.0. The Morgan fingerprint density at radius 1 is 1.24 bits per heavy atom. The summed E-state index contributed by atoms with van der Waals surface area (Å²) < 4.78 is 5.52. The zero-order chi connectivity index (χ0) is 12.5. The predicted molar refractivity (Wildman–Crippen MR) is 70.3 cm³/mol. The molecule has 1 atom stereocenters. The molecule has 1 aromatic rings. The van der Waals surface area contributed by atoms with Crippen LogP contribution in [0.4, 0.5) is 0 Å². The number of hydrogen-bond donors (Lipinski definition) is 2. The second-order valence-electron chi connectivity index (χ2n) is 4.65. The Labute approximate surface area is 104 Å². The van der Waals surface area contributed by atoms with Crippen molar-refractivity contribution in [3.05, 3.63) is 30.3 Å². The van der Waals surface area contributed by atoms with Crippen LogP contribution in [0.2, 0.25) is 0 Å². The van der Waals surface area contributed by atoms with Crippen LogP contribution in [0.15, 0.2) is 30.3 Å². The van der Waals surface area contributed by atoms with Crippen LogP contribution in [-0.2, 0) is 0 Å². The van der Waals surface area contributed by atoms with Gasteiger partial charge in [-0.3, -0.25) is 0 Å². The zero-order valence-corrected chi connectivity index (χ0v) is 10.7. The lowest BCUT2D eigenvalue weighted by Gasteiger charge is -2.14. The summed E-state index contributed by atoms with van der Waals surface area (Å²) in [5.41, 5.74) is 0. The molecule has 0 radical (unpaired) electrons. The average Bonchev–Trinajstić information content (AvgIpc) is 2.29. The molecule has 3 nitrogen and oxygen atoms in total. The summed E-state index contributed by atoms with van der Waals surface area (Å²) in [6, 6.07) is 9.75. The van der Waals surface area contributed by atoms with Crippen LogP contribution >= 0.6 is 0 Å². The van der Waals surface area contributed by atoms with Gasteiger partial charge in [-0.2, -0.15) is 0 Å². The maximum absolute atomic E-state index is 9.63. The van der Waals surface area contributed by atoms with Crippen molar-refractivity contribution in [3.8, 4) is 5.75 Å². The molecule has 0 saturated carbocycles. The second-order valence-corrected chi connectivity index (χ2v) is 4.65. The molecule has 3 heteroatoms. The van der Waals surface area contributed by atoms with Gasteiger partial charge in [0.25, 0.3) is 0 Å². The molecule has 0 bridgehead atoms. The van der Waals surface area contributed by atoms with Crippen molar-refractivity contribution in [2.45, 2.75) is 26.4 Å². The van der Waals surface area contributed by atoms with E-state index in [0.717, 1.165) is 18.7 Å². The summed E-state index contributed by atoms with van der Waals surface area (Å²) in [5, 5.41) is 12.8. The molecule has 1 unspecified atom stereocenters. The van der Waals surface area contributed by atoms with Crippen LogP contribution in [0.1, 0.15) is 20.3 Å². The van der Waals surface area contributed by atoms with Crippen molar-refractivity contribution in [2.24, 2.45) is 5.92 Å². The number of hydrogen-bond acceptors (Lipinski definition) is 3. The Kier molecular flexibility index (Phi) is 6.67. The average molecular weight is 237 g/mol. The Morgan fingerprint density at radius 3 is 2.59 bits per heavy atom.